The van der Waals surface area contributed by atoms with Crippen LogP contribution in [0.3, 0.4) is 0 Å². The van der Waals surface area contributed by atoms with Crippen LogP contribution in [0.2, 0.25) is 5.02 Å². The van der Waals surface area contributed by atoms with Crippen LogP contribution in [0.15, 0.2) is 36.4 Å². The van der Waals surface area contributed by atoms with Crippen molar-refractivity contribution < 1.29 is 9.18 Å². The van der Waals surface area contributed by atoms with E-state index in [2.05, 4.69) is 0 Å². The van der Waals surface area contributed by atoms with E-state index in [1.807, 2.05) is 0 Å². The largest absolute Gasteiger partial charge is 0.289 e. The molecule has 2 aromatic carbocycles. The van der Waals surface area contributed by atoms with E-state index in [1.54, 1.807) is 38.1 Å². The van der Waals surface area contributed by atoms with Crippen LogP contribution in [0.5, 0.6) is 0 Å². The zero-order valence-electron chi connectivity index (χ0n) is 10.1. The minimum absolute atomic E-state index is 0.132. The van der Waals surface area contributed by atoms with Gasteiger partial charge in [0.15, 0.2) is 5.78 Å². The van der Waals surface area contributed by atoms with Crippen molar-refractivity contribution >= 4 is 17.4 Å². The van der Waals surface area contributed by atoms with Crippen LogP contribution < -0.4 is 0 Å². The number of aryl methyl sites for hydroxylation is 2. The molecule has 0 amide bonds. The lowest BCUT2D eigenvalue weighted by molar-refractivity contribution is 0.103. The number of benzene rings is 2. The normalized spacial score (nSPS) is 10.4. The van der Waals surface area contributed by atoms with Crippen LogP contribution in [-0.2, 0) is 0 Å². The lowest BCUT2D eigenvalue weighted by Gasteiger charge is -2.09. The summed E-state index contributed by atoms with van der Waals surface area (Å²) in [6.45, 7) is 3.46. The van der Waals surface area contributed by atoms with Gasteiger partial charge in [-0.25, -0.2) is 4.39 Å². The van der Waals surface area contributed by atoms with Gasteiger partial charge in [0, 0.05) is 16.1 Å². The standard InChI is InChI=1S/C15H12ClFO/c1-9-6-13(17)7-10(2)14(9)15(18)11-4-3-5-12(16)8-11/h3-8H,1-2H3. The van der Waals surface area contributed by atoms with Crippen molar-refractivity contribution in [3.63, 3.8) is 0 Å². The molecular weight excluding hydrogens is 251 g/mol. The van der Waals surface area contributed by atoms with Gasteiger partial charge in [0.25, 0.3) is 0 Å². The van der Waals surface area contributed by atoms with Gasteiger partial charge in [0.2, 0.25) is 0 Å². The second-order valence-corrected chi connectivity index (χ2v) is 4.69. The molecule has 0 radical (unpaired) electrons. The molecule has 0 saturated heterocycles. The van der Waals surface area contributed by atoms with Crippen molar-refractivity contribution in [3.8, 4) is 0 Å². The SMILES string of the molecule is Cc1cc(F)cc(C)c1C(=O)c1cccc(Cl)c1. The van der Waals surface area contributed by atoms with Crippen LogP contribution >= 0.6 is 11.6 Å². The summed E-state index contributed by atoms with van der Waals surface area (Å²) < 4.78 is 13.2. The molecule has 0 aliphatic heterocycles. The van der Waals surface area contributed by atoms with E-state index in [0.717, 1.165) is 0 Å². The predicted octanol–water partition coefficient (Wildman–Crippen LogP) is 4.33. The van der Waals surface area contributed by atoms with Crippen molar-refractivity contribution in [2.75, 3.05) is 0 Å². The smallest absolute Gasteiger partial charge is 0.193 e. The second kappa shape index (κ2) is 4.91. The Morgan fingerprint density at radius 1 is 1.11 bits per heavy atom. The summed E-state index contributed by atoms with van der Waals surface area (Å²) in [7, 11) is 0. The lowest BCUT2D eigenvalue weighted by atomic mass is 9.95. The van der Waals surface area contributed by atoms with Crippen molar-refractivity contribution in [2.45, 2.75) is 13.8 Å². The van der Waals surface area contributed by atoms with Gasteiger partial charge in [-0.05, 0) is 49.2 Å². The fraction of sp³-hybridized carbons (Fsp3) is 0.133. The summed E-state index contributed by atoms with van der Waals surface area (Å²) in [5.74, 6) is -0.458. The molecule has 1 nitrogen and oxygen atoms in total. The minimum atomic E-state index is -0.326. The number of rotatable bonds is 2. The summed E-state index contributed by atoms with van der Waals surface area (Å²) in [4.78, 5) is 12.4. The Hall–Kier alpha value is -1.67. The molecule has 0 saturated carbocycles. The van der Waals surface area contributed by atoms with E-state index in [-0.39, 0.29) is 11.6 Å². The van der Waals surface area contributed by atoms with E-state index in [1.165, 1.54) is 12.1 Å². The average Bonchev–Trinajstić information content (AvgIpc) is 2.27. The molecule has 0 spiro atoms. The number of carbonyl (C=O) groups is 1. The molecule has 0 atom stereocenters. The second-order valence-electron chi connectivity index (χ2n) is 4.25. The van der Waals surface area contributed by atoms with Crippen LogP contribution in [0.25, 0.3) is 0 Å². The molecule has 92 valence electrons. The van der Waals surface area contributed by atoms with Gasteiger partial charge in [-0.3, -0.25) is 4.79 Å². The monoisotopic (exact) mass is 262 g/mol. The third-order valence-corrected chi connectivity index (χ3v) is 3.05. The highest BCUT2D eigenvalue weighted by Gasteiger charge is 2.15. The lowest BCUT2D eigenvalue weighted by Crippen LogP contribution is -2.06. The Kier molecular flexibility index (Phi) is 3.48. The molecule has 3 heteroatoms. The zero-order valence-corrected chi connectivity index (χ0v) is 10.9. The predicted molar refractivity (Wildman–Crippen MR) is 70.8 cm³/mol. The first-order valence-corrected chi connectivity index (χ1v) is 5.94. The topological polar surface area (TPSA) is 17.1 Å². The molecule has 2 rings (SSSR count). The molecule has 18 heavy (non-hydrogen) atoms. The summed E-state index contributed by atoms with van der Waals surface area (Å²) in [5.41, 5.74) is 2.33. The van der Waals surface area contributed by atoms with Gasteiger partial charge in [0.05, 0.1) is 0 Å². The summed E-state index contributed by atoms with van der Waals surface area (Å²) in [6, 6.07) is 9.49. The number of halogens is 2. The Balaban J connectivity index is 2.53. The Bertz CT molecular complexity index is 597. The van der Waals surface area contributed by atoms with Crippen molar-refractivity contribution in [1.82, 2.24) is 0 Å². The van der Waals surface area contributed by atoms with Crippen LogP contribution in [0.1, 0.15) is 27.0 Å². The number of hydrogen-bond acceptors (Lipinski definition) is 1. The number of carbonyl (C=O) groups excluding carboxylic acids is 1. The van der Waals surface area contributed by atoms with Crippen LogP contribution in [0, 0.1) is 19.7 Å². The molecular formula is C15H12ClFO. The van der Waals surface area contributed by atoms with Gasteiger partial charge >= 0.3 is 0 Å². The quantitative estimate of drug-likeness (QED) is 0.737. The molecule has 0 unspecified atom stereocenters. The zero-order chi connectivity index (χ0) is 13.3. The molecule has 0 aromatic heterocycles. The van der Waals surface area contributed by atoms with Gasteiger partial charge in [0.1, 0.15) is 5.82 Å². The highest BCUT2D eigenvalue weighted by atomic mass is 35.5. The fourth-order valence-electron chi connectivity index (χ4n) is 2.04. The Morgan fingerprint density at radius 3 is 2.28 bits per heavy atom. The highest BCUT2D eigenvalue weighted by Crippen LogP contribution is 2.21. The molecule has 0 aliphatic carbocycles. The van der Waals surface area contributed by atoms with E-state index in [4.69, 9.17) is 11.6 Å². The maximum absolute atomic E-state index is 13.2. The van der Waals surface area contributed by atoms with Crippen molar-refractivity contribution in [1.29, 1.82) is 0 Å². The molecule has 2 aromatic rings. The molecule has 0 N–H and O–H groups in total. The molecule has 0 fully saturated rings. The van der Waals surface area contributed by atoms with Gasteiger partial charge in [-0.15, -0.1) is 0 Å². The third-order valence-electron chi connectivity index (χ3n) is 2.81. The maximum Gasteiger partial charge on any atom is 0.193 e. The van der Waals surface area contributed by atoms with E-state index >= 15 is 0 Å². The number of ketones is 1. The fourth-order valence-corrected chi connectivity index (χ4v) is 2.23. The molecule has 0 aliphatic rings. The first kappa shape index (κ1) is 12.8. The van der Waals surface area contributed by atoms with Crippen LogP contribution in [0.4, 0.5) is 4.39 Å². The Morgan fingerprint density at radius 2 is 1.72 bits per heavy atom. The molecule has 0 heterocycles. The molecule has 0 bridgehead atoms. The van der Waals surface area contributed by atoms with Crippen molar-refractivity contribution in [3.05, 3.63) is 69.5 Å². The van der Waals surface area contributed by atoms with Gasteiger partial charge in [-0.1, -0.05) is 23.7 Å². The maximum atomic E-state index is 13.2. The first-order valence-electron chi connectivity index (χ1n) is 5.56. The third kappa shape index (κ3) is 2.44. The summed E-state index contributed by atoms with van der Waals surface area (Å²) in [5, 5.41) is 0.512. The van der Waals surface area contributed by atoms with Crippen molar-refractivity contribution in [2.24, 2.45) is 0 Å². The Labute approximate surface area is 110 Å². The van der Waals surface area contributed by atoms with E-state index < -0.39 is 0 Å². The average molecular weight is 263 g/mol. The van der Waals surface area contributed by atoms with E-state index in [9.17, 15) is 9.18 Å². The van der Waals surface area contributed by atoms with Crippen LogP contribution in [-0.4, -0.2) is 5.78 Å². The highest BCUT2D eigenvalue weighted by molar-refractivity contribution is 6.31. The van der Waals surface area contributed by atoms with Gasteiger partial charge in [-0.2, -0.15) is 0 Å². The number of hydrogen-bond donors (Lipinski definition) is 0. The summed E-state index contributed by atoms with van der Waals surface area (Å²) in [6.07, 6.45) is 0. The van der Waals surface area contributed by atoms with Gasteiger partial charge < -0.3 is 0 Å². The first-order chi connectivity index (χ1) is 8.49. The summed E-state index contributed by atoms with van der Waals surface area (Å²) >= 11 is 5.87. The van der Waals surface area contributed by atoms with E-state index in [0.29, 0.717) is 27.3 Å². The minimum Gasteiger partial charge on any atom is -0.289 e.